The van der Waals surface area contributed by atoms with Gasteiger partial charge in [-0.25, -0.2) is 8.78 Å². The molecule has 4 N–H and O–H groups in total. The smallest absolute Gasteiger partial charge is 0.281 e. The second kappa shape index (κ2) is 5.90. The molecule has 1 aromatic carbocycles. The highest BCUT2D eigenvalue weighted by atomic mass is 32.2. The number of hydrogen-bond acceptors (Lipinski definition) is 5. The van der Waals surface area contributed by atoms with Crippen LogP contribution < -0.4 is 4.89 Å². The van der Waals surface area contributed by atoms with Gasteiger partial charge < -0.3 is 15.4 Å². The molecule has 0 fully saturated rings. The first-order chi connectivity index (χ1) is 10.4. The predicted octanol–water partition coefficient (Wildman–Crippen LogP) is 2.83. The lowest BCUT2D eigenvalue weighted by Gasteiger charge is -2.20. The Morgan fingerprint density at radius 3 is 2.73 bits per heavy atom. The van der Waals surface area contributed by atoms with E-state index in [1.54, 1.807) is 18.2 Å². The molecule has 0 saturated heterocycles. The monoisotopic (exact) mass is 329 g/mol. The van der Waals surface area contributed by atoms with Gasteiger partial charge in [0.25, 0.3) is 5.92 Å². The summed E-state index contributed by atoms with van der Waals surface area (Å²) in [6, 6.07) is 3.32. The molecule has 2 unspecified atom stereocenters. The Morgan fingerprint density at radius 1 is 1.27 bits per heavy atom. The number of rotatable bonds is 3. The summed E-state index contributed by atoms with van der Waals surface area (Å²) in [4.78, 5) is 2.25. The number of hydrogen-bond donors (Lipinski definition) is 4. The molecule has 2 aliphatic rings. The van der Waals surface area contributed by atoms with Crippen LogP contribution >= 0.6 is 11.9 Å². The van der Waals surface area contributed by atoms with Crippen LogP contribution in [-0.2, 0) is 6.42 Å². The Labute approximate surface area is 130 Å². The fourth-order valence-electron chi connectivity index (χ4n) is 3.24. The van der Waals surface area contributed by atoms with Gasteiger partial charge >= 0.3 is 0 Å². The quantitative estimate of drug-likeness (QED) is 0.507. The number of alkyl halides is 2. The van der Waals surface area contributed by atoms with Crippen molar-refractivity contribution in [1.82, 2.24) is 4.89 Å². The molecule has 2 atom stereocenters. The lowest BCUT2D eigenvalue weighted by molar-refractivity contribution is -0.0975. The highest BCUT2D eigenvalue weighted by Crippen LogP contribution is 2.49. The summed E-state index contributed by atoms with van der Waals surface area (Å²) in [5, 5.41) is 28.5. The first kappa shape index (κ1) is 15.9. The number of nitrogens with one attached hydrogen (secondary N) is 1. The van der Waals surface area contributed by atoms with E-state index in [-0.39, 0.29) is 5.56 Å². The Kier molecular flexibility index (Phi) is 4.26. The van der Waals surface area contributed by atoms with E-state index >= 15 is 0 Å². The Bertz CT molecular complexity index is 621. The molecule has 4 nitrogen and oxygen atoms in total. The van der Waals surface area contributed by atoms with Crippen LogP contribution in [0.3, 0.4) is 0 Å². The average molecular weight is 329 g/mol. The molecular weight excluding hydrogens is 312 g/mol. The first-order valence-corrected chi connectivity index (χ1v) is 7.92. The lowest BCUT2D eigenvalue weighted by Crippen LogP contribution is -2.21. The Morgan fingerprint density at radius 2 is 2.05 bits per heavy atom. The number of benzene rings is 1. The summed E-state index contributed by atoms with van der Waals surface area (Å²) in [7, 11) is 0. The highest BCUT2D eigenvalue weighted by molar-refractivity contribution is 7.97. The normalized spacial score (nSPS) is 26.7. The van der Waals surface area contributed by atoms with E-state index in [1.807, 2.05) is 4.89 Å². The van der Waals surface area contributed by atoms with Gasteiger partial charge in [-0.2, -0.15) is 0 Å². The van der Waals surface area contributed by atoms with Crippen LogP contribution in [0, 0.1) is 0 Å². The fourth-order valence-corrected chi connectivity index (χ4v) is 3.82. The van der Waals surface area contributed by atoms with Crippen molar-refractivity contribution in [1.29, 1.82) is 0 Å². The zero-order valence-corrected chi connectivity index (χ0v) is 12.5. The Balaban J connectivity index is 2.12. The molecule has 3 rings (SSSR count). The molecule has 0 spiro atoms. The fraction of sp³-hybridized carbons (Fsp3) is 0.467. The molecule has 2 aliphatic carbocycles. The van der Waals surface area contributed by atoms with Crippen molar-refractivity contribution < 1.29 is 24.2 Å². The maximum absolute atomic E-state index is 14.0. The third kappa shape index (κ3) is 2.68. The van der Waals surface area contributed by atoms with Gasteiger partial charge in [0, 0.05) is 16.9 Å². The van der Waals surface area contributed by atoms with Crippen molar-refractivity contribution in [3.05, 3.63) is 34.9 Å². The van der Waals surface area contributed by atoms with Gasteiger partial charge in [-0.3, -0.25) is 0 Å². The number of fused-ring (bicyclic) bond motifs is 1. The van der Waals surface area contributed by atoms with E-state index in [2.05, 4.69) is 0 Å². The SMILES string of the molecule is ONSc1ccc(C2=CC(O)CCC2)c2c1C(O)C(F)(F)C2. The van der Waals surface area contributed by atoms with Crippen LogP contribution in [0.15, 0.2) is 23.1 Å². The van der Waals surface area contributed by atoms with Gasteiger partial charge in [0.15, 0.2) is 0 Å². The molecule has 1 aromatic rings. The Hall–Kier alpha value is -0.990. The molecule has 120 valence electrons. The van der Waals surface area contributed by atoms with Crippen molar-refractivity contribution in [2.75, 3.05) is 0 Å². The van der Waals surface area contributed by atoms with Crippen LogP contribution in [0.25, 0.3) is 5.57 Å². The first-order valence-electron chi connectivity index (χ1n) is 7.11. The van der Waals surface area contributed by atoms with E-state index in [0.29, 0.717) is 22.4 Å². The van der Waals surface area contributed by atoms with Crippen molar-refractivity contribution in [2.24, 2.45) is 0 Å². The third-order valence-corrected chi connectivity index (χ3v) is 4.91. The number of allylic oxidation sites excluding steroid dienone is 1. The predicted molar refractivity (Wildman–Crippen MR) is 78.7 cm³/mol. The molecule has 0 aromatic heterocycles. The van der Waals surface area contributed by atoms with Crippen LogP contribution in [0.1, 0.15) is 42.1 Å². The summed E-state index contributed by atoms with van der Waals surface area (Å²) in [6.07, 6.45) is 0.926. The van der Waals surface area contributed by atoms with Crippen LogP contribution in [0.2, 0.25) is 0 Å². The summed E-state index contributed by atoms with van der Waals surface area (Å²) < 4.78 is 27.9. The molecule has 0 amide bonds. The van der Waals surface area contributed by atoms with Gasteiger partial charge in [-0.15, -0.1) is 4.89 Å². The minimum absolute atomic E-state index is 0.162. The van der Waals surface area contributed by atoms with Crippen molar-refractivity contribution >= 4 is 17.5 Å². The van der Waals surface area contributed by atoms with Crippen LogP contribution in [0.4, 0.5) is 8.78 Å². The zero-order chi connectivity index (χ0) is 15.9. The van der Waals surface area contributed by atoms with Gasteiger partial charge in [-0.1, -0.05) is 12.1 Å². The molecule has 0 bridgehead atoms. The maximum atomic E-state index is 14.0. The summed E-state index contributed by atoms with van der Waals surface area (Å²) in [5.74, 6) is -3.23. The molecular formula is C15H17F2NO3S. The van der Waals surface area contributed by atoms with E-state index < -0.39 is 24.6 Å². The lowest BCUT2D eigenvalue weighted by atomic mass is 9.88. The van der Waals surface area contributed by atoms with Gasteiger partial charge in [0.1, 0.15) is 6.10 Å². The largest absolute Gasteiger partial charge is 0.389 e. The maximum Gasteiger partial charge on any atom is 0.281 e. The van der Waals surface area contributed by atoms with Gasteiger partial charge in [0.05, 0.1) is 6.10 Å². The third-order valence-electron chi connectivity index (χ3n) is 4.24. The van der Waals surface area contributed by atoms with Crippen molar-refractivity contribution in [3.63, 3.8) is 0 Å². The minimum atomic E-state index is -3.23. The van der Waals surface area contributed by atoms with E-state index in [0.717, 1.165) is 30.4 Å². The summed E-state index contributed by atoms with van der Waals surface area (Å²) in [5.41, 5.74) is 2.06. The van der Waals surface area contributed by atoms with Gasteiger partial charge in [0.2, 0.25) is 0 Å². The number of aliphatic hydroxyl groups is 2. The van der Waals surface area contributed by atoms with Crippen molar-refractivity contribution in [2.45, 2.75) is 48.7 Å². The van der Waals surface area contributed by atoms with Crippen LogP contribution in [0.5, 0.6) is 0 Å². The van der Waals surface area contributed by atoms with E-state index in [1.165, 1.54) is 0 Å². The van der Waals surface area contributed by atoms with Crippen molar-refractivity contribution in [3.8, 4) is 0 Å². The number of halogens is 2. The number of aliphatic hydroxyl groups excluding tert-OH is 2. The second-order valence-corrected chi connectivity index (χ2v) is 6.52. The topological polar surface area (TPSA) is 72.7 Å². The minimum Gasteiger partial charge on any atom is -0.389 e. The summed E-state index contributed by atoms with van der Waals surface area (Å²) >= 11 is 0.784. The summed E-state index contributed by atoms with van der Waals surface area (Å²) in [6.45, 7) is 0. The van der Waals surface area contributed by atoms with Crippen LogP contribution in [-0.4, -0.2) is 27.4 Å². The standard InChI is InChI=1S/C15H17F2NO3S/c16-15(17)7-11-10(8-2-1-3-9(19)6-8)4-5-12(22-18-21)13(11)14(15)20/h4-6,9,14,18-21H,1-3,7H2. The van der Waals surface area contributed by atoms with Gasteiger partial charge in [-0.05, 0) is 54.0 Å². The molecule has 0 aliphatic heterocycles. The molecule has 0 radical (unpaired) electrons. The zero-order valence-electron chi connectivity index (χ0n) is 11.7. The molecule has 0 saturated carbocycles. The second-order valence-electron chi connectivity index (χ2n) is 5.69. The molecule has 0 heterocycles. The molecule has 22 heavy (non-hydrogen) atoms. The highest BCUT2D eigenvalue weighted by Gasteiger charge is 2.49. The van der Waals surface area contributed by atoms with E-state index in [4.69, 9.17) is 5.21 Å². The molecule has 7 heteroatoms. The average Bonchev–Trinajstić information content (AvgIpc) is 2.70. The van der Waals surface area contributed by atoms with E-state index in [9.17, 15) is 19.0 Å².